The molecule has 0 spiro atoms. The van der Waals surface area contributed by atoms with E-state index in [1.807, 2.05) is 0 Å². The monoisotopic (exact) mass is 299 g/mol. The highest BCUT2D eigenvalue weighted by atomic mass is 19.1. The third kappa shape index (κ3) is 4.04. The molecule has 5 nitrogen and oxygen atoms in total. The normalized spacial score (nSPS) is 17.0. The van der Waals surface area contributed by atoms with Gasteiger partial charge in [0, 0.05) is 12.1 Å². The second-order valence-electron chi connectivity index (χ2n) is 5.01. The van der Waals surface area contributed by atoms with Crippen molar-refractivity contribution in [2.75, 3.05) is 26.2 Å². The number of halogens is 2. The third-order valence-electron chi connectivity index (χ3n) is 3.50. The van der Waals surface area contributed by atoms with Gasteiger partial charge in [0.15, 0.2) is 23.2 Å². The second-order valence-corrected chi connectivity index (χ2v) is 5.01. The Morgan fingerprint density at radius 1 is 1.24 bits per heavy atom. The summed E-state index contributed by atoms with van der Waals surface area (Å²) < 4.78 is 32.8. The highest BCUT2D eigenvalue weighted by Gasteiger charge is 2.16. The number of hydrogen-bond donors (Lipinski definition) is 2. The Hall–Kier alpha value is -1.89. The van der Waals surface area contributed by atoms with Gasteiger partial charge >= 0.3 is 0 Å². The molecule has 0 saturated carbocycles. The lowest BCUT2D eigenvalue weighted by atomic mass is 10.1. The molecule has 0 aliphatic carbocycles. The van der Waals surface area contributed by atoms with Crippen LogP contribution in [0.25, 0.3) is 0 Å². The summed E-state index contributed by atoms with van der Waals surface area (Å²) in [7, 11) is 0. The Labute approximate surface area is 122 Å². The summed E-state index contributed by atoms with van der Waals surface area (Å²) in [5.41, 5.74) is 5.27. The summed E-state index contributed by atoms with van der Waals surface area (Å²) >= 11 is 0. The van der Waals surface area contributed by atoms with Crippen LogP contribution in [-0.2, 0) is 0 Å². The van der Waals surface area contributed by atoms with Crippen LogP contribution in [0.1, 0.15) is 24.8 Å². The van der Waals surface area contributed by atoms with Crippen molar-refractivity contribution in [2.45, 2.75) is 19.3 Å². The van der Waals surface area contributed by atoms with Crippen molar-refractivity contribution < 1.29 is 18.7 Å². The molecule has 1 aromatic carbocycles. The molecule has 3 N–H and O–H groups in total. The van der Waals surface area contributed by atoms with Crippen LogP contribution in [0.4, 0.5) is 8.78 Å². The summed E-state index contributed by atoms with van der Waals surface area (Å²) in [5, 5.41) is 11.2. The minimum atomic E-state index is -0.866. The number of oxime groups is 1. The first kappa shape index (κ1) is 15.5. The molecule has 2 rings (SSSR count). The maximum atomic E-state index is 13.8. The van der Waals surface area contributed by atoms with E-state index in [1.54, 1.807) is 0 Å². The minimum absolute atomic E-state index is 0.0316. The molecule has 0 aromatic heterocycles. The molecule has 0 atom stereocenters. The molecule has 1 saturated heterocycles. The lowest BCUT2D eigenvalue weighted by molar-refractivity contribution is 0.177. The summed E-state index contributed by atoms with van der Waals surface area (Å²) in [6.07, 6.45) is 3.53. The van der Waals surface area contributed by atoms with Gasteiger partial charge in [-0.25, -0.2) is 8.78 Å². The van der Waals surface area contributed by atoms with Crippen molar-refractivity contribution in [3.05, 3.63) is 29.3 Å². The molecule has 1 fully saturated rings. The maximum Gasteiger partial charge on any atom is 0.190 e. The first-order valence-electron chi connectivity index (χ1n) is 6.94. The third-order valence-corrected chi connectivity index (χ3v) is 3.50. The van der Waals surface area contributed by atoms with Crippen LogP contribution in [0, 0.1) is 11.6 Å². The van der Waals surface area contributed by atoms with Crippen LogP contribution in [0.15, 0.2) is 17.3 Å². The lowest BCUT2D eigenvalue weighted by Crippen LogP contribution is -2.33. The highest BCUT2D eigenvalue weighted by Crippen LogP contribution is 2.23. The quantitative estimate of drug-likeness (QED) is 0.377. The van der Waals surface area contributed by atoms with E-state index in [0.29, 0.717) is 6.54 Å². The number of nitrogens with two attached hydrogens (primary N) is 1. The van der Waals surface area contributed by atoms with Crippen molar-refractivity contribution >= 4 is 5.84 Å². The Morgan fingerprint density at radius 2 is 1.86 bits per heavy atom. The zero-order valence-corrected chi connectivity index (χ0v) is 11.7. The number of likely N-dealkylation sites (tertiary alicyclic amines) is 1. The minimum Gasteiger partial charge on any atom is -0.486 e. The predicted molar refractivity (Wildman–Crippen MR) is 74.7 cm³/mol. The Morgan fingerprint density at radius 3 is 2.43 bits per heavy atom. The van der Waals surface area contributed by atoms with E-state index in [9.17, 15) is 8.78 Å². The molecule has 1 aliphatic rings. The maximum absolute atomic E-state index is 13.8. The topological polar surface area (TPSA) is 71.1 Å². The van der Waals surface area contributed by atoms with Gasteiger partial charge in [0.1, 0.15) is 6.61 Å². The Balaban J connectivity index is 1.96. The molecule has 116 valence electrons. The van der Waals surface area contributed by atoms with Crippen LogP contribution in [-0.4, -0.2) is 42.2 Å². The lowest BCUT2D eigenvalue weighted by Gasteiger charge is -2.26. The fraction of sp³-hybridized carbons (Fsp3) is 0.500. The van der Waals surface area contributed by atoms with Gasteiger partial charge in [0.05, 0.1) is 0 Å². The first-order valence-corrected chi connectivity index (χ1v) is 6.94. The van der Waals surface area contributed by atoms with Crippen molar-refractivity contribution in [1.29, 1.82) is 0 Å². The summed E-state index contributed by atoms with van der Waals surface area (Å²) in [5.74, 6) is -2.51. The molecule has 1 aromatic rings. The van der Waals surface area contributed by atoms with Crippen LogP contribution in [0.5, 0.6) is 5.75 Å². The van der Waals surface area contributed by atoms with E-state index in [2.05, 4.69) is 10.1 Å². The van der Waals surface area contributed by atoms with E-state index in [4.69, 9.17) is 15.7 Å². The number of hydrogen-bond acceptors (Lipinski definition) is 4. The second kappa shape index (κ2) is 7.21. The van der Waals surface area contributed by atoms with E-state index in [-0.39, 0.29) is 18.0 Å². The van der Waals surface area contributed by atoms with E-state index in [1.165, 1.54) is 6.42 Å². The fourth-order valence-electron chi connectivity index (χ4n) is 2.36. The SMILES string of the molecule is N/C(=N/O)c1cc(F)c(OCCN2CCCCC2)c(F)c1. The first-order chi connectivity index (χ1) is 10.1. The van der Waals surface area contributed by atoms with Crippen LogP contribution in [0.3, 0.4) is 0 Å². The number of amidine groups is 1. The van der Waals surface area contributed by atoms with Crippen molar-refractivity contribution in [3.63, 3.8) is 0 Å². The van der Waals surface area contributed by atoms with Crippen LogP contribution < -0.4 is 10.5 Å². The van der Waals surface area contributed by atoms with Gasteiger partial charge in [0.2, 0.25) is 0 Å². The van der Waals surface area contributed by atoms with Crippen LogP contribution >= 0.6 is 0 Å². The Bertz CT molecular complexity index is 494. The van der Waals surface area contributed by atoms with Crippen molar-refractivity contribution in [2.24, 2.45) is 10.9 Å². The molecular weight excluding hydrogens is 280 g/mol. The van der Waals surface area contributed by atoms with Gasteiger partial charge in [-0.15, -0.1) is 0 Å². The van der Waals surface area contributed by atoms with Gasteiger partial charge in [-0.2, -0.15) is 0 Å². The largest absolute Gasteiger partial charge is 0.486 e. The molecule has 21 heavy (non-hydrogen) atoms. The number of ether oxygens (including phenoxy) is 1. The highest BCUT2D eigenvalue weighted by molar-refractivity contribution is 5.97. The number of nitrogens with zero attached hydrogens (tertiary/aromatic N) is 2. The van der Waals surface area contributed by atoms with E-state index in [0.717, 1.165) is 38.1 Å². The van der Waals surface area contributed by atoms with Crippen LogP contribution in [0.2, 0.25) is 0 Å². The van der Waals surface area contributed by atoms with Gasteiger partial charge in [-0.05, 0) is 38.1 Å². The average Bonchev–Trinajstić information content (AvgIpc) is 2.50. The molecule has 1 heterocycles. The van der Waals surface area contributed by atoms with Crippen molar-refractivity contribution in [3.8, 4) is 5.75 Å². The van der Waals surface area contributed by atoms with Gasteiger partial charge in [-0.1, -0.05) is 11.6 Å². The number of benzene rings is 1. The average molecular weight is 299 g/mol. The van der Waals surface area contributed by atoms with Gasteiger partial charge in [0.25, 0.3) is 0 Å². The molecule has 0 amide bonds. The van der Waals surface area contributed by atoms with E-state index < -0.39 is 17.4 Å². The standard InChI is InChI=1S/C14H19F2N3O2/c15-11-8-10(14(17)18-20)9-12(16)13(11)21-7-6-19-4-2-1-3-5-19/h8-9,20H,1-7H2,(H2,17,18). The molecule has 0 radical (unpaired) electrons. The molecule has 7 heteroatoms. The molecule has 0 unspecified atom stereocenters. The molecular formula is C14H19F2N3O2. The van der Waals surface area contributed by atoms with Crippen molar-refractivity contribution in [1.82, 2.24) is 4.90 Å². The predicted octanol–water partition coefficient (Wildman–Crippen LogP) is 1.92. The Kier molecular flexibility index (Phi) is 5.32. The van der Waals surface area contributed by atoms with E-state index >= 15 is 0 Å². The summed E-state index contributed by atoms with van der Waals surface area (Å²) in [6, 6.07) is 1.96. The summed E-state index contributed by atoms with van der Waals surface area (Å²) in [6.45, 7) is 2.85. The number of piperidine rings is 1. The number of rotatable bonds is 5. The zero-order valence-electron chi connectivity index (χ0n) is 11.7. The molecule has 0 bridgehead atoms. The summed E-state index contributed by atoms with van der Waals surface area (Å²) in [4.78, 5) is 2.21. The van der Waals surface area contributed by atoms with Gasteiger partial charge < -0.3 is 15.7 Å². The molecule has 1 aliphatic heterocycles. The zero-order chi connectivity index (χ0) is 15.2. The van der Waals surface area contributed by atoms with Gasteiger partial charge in [-0.3, -0.25) is 4.90 Å². The smallest absolute Gasteiger partial charge is 0.190 e. The fourth-order valence-corrected chi connectivity index (χ4v) is 2.36.